The zero-order valence-electron chi connectivity index (χ0n) is 5.90. The molecule has 0 aliphatic heterocycles. The first kappa shape index (κ1) is 9.19. The van der Waals surface area contributed by atoms with E-state index in [4.69, 9.17) is 15.3 Å². The van der Waals surface area contributed by atoms with E-state index >= 15 is 0 Å². The van der Waals surface area contributed by atoms with Crippen LogP contribution in [0.2, 0.25) is 0 Å². The number of nitriles is 1. The average molecular weight is 227 g/mol. The fraction of sp³-hybridized carbons (Fsp3) is 0. The van der Waals surface area contributed by atoms with Crippen molar-refractivity contribution in [1.29, 1.82) is 5.26 Å². The summed E-state index contributed by atoms with van der Waals surface area (Å²) in [4.78, 5) is 3.69. The molecule has 0 amide bonds. The Labute approximate surface area is 77.8 Å². The predicted molar refractivity (Wildman–Crippen MR) is 46.5 cm³/mol. The lowest BCUT2D eigenvalue weighted by Gasteiger charge is -2.00. The van der Waals surface area contributed by atoms with E-state index in [1.165, 1.54) is 12.3 Å². The summed E-state index contributed by atoms with van der Waals surface area (Å²) in [7, 11) is -1.66. The van der Waals surface area contributed by atoms with Crippen LogP contribution in [0, 0.1) is 11.3 Å². The van der Waals surface area contributed by atoms with Crippen LogP contribution in [0.15, 0.2) is 16.7 Å². The standard InChI is InChI=1S/C6H4BBrN2O2/c8-4-1-5(7(11)12)6(2-9)10-3-4/h1,3,11-12H. The molecule has 0 bridgehead atoms. The summed E-state index contributed by atoms with van der Waals surface area (Å²) in [5, 5.41) is 26.1. The molecule has 0 aliphatic carbocycles. The van der Waals surface area contributed by atoms with E-state index in [0.717, 1.165) is 0 Å². The lowest BCUT2D eigenvalue weighted by molar-refractivity contribution is 0.425. The minimum atomic E-state index is -1.66. The second kappa shape index (κ2) is 3.67. The molecule has 60 valence electrons. The summed E-state index contributed by atoms with van der Waals surface area (Å²) < 4.78 is 0.601. The van der Waals surface area contributed by atoms with Gasteiger partial charge in [-0.15, -0.1) is 0 Å². The molecule has 6 heteroatoms. The van der Waals surface area contributed by atoms with Gasteiger partial charge in [-0.05, 0) is 22.0 Å². The van der Waals surface area contributed by atoms with Gasteiger partial charge >= 0.3 is 7.12 Å². The van der Waals surface area contributed by atoms with E-state index in [2.05, 4.69) is 20.9 Å². The fourth-order valence-electron chi connectivity index (χ4n) is 0.745. The van der Waals surface area contributed by atoms with Crippen LogP contribution >= 0.6 is 15.9 Å². The molecular weight excluding hydrogens is 223 g/mol. The van der Waals surface area contributed by atoms with E-state index < -0.39 is 7.12 Å². The molecule has 0 aromatic carbocycles. The Bertz CT molecular complexity index is 337. The van der Waals surface area contributed by atoms with E-state index in [1.54, 1.807) is 6.07 Å². The number of pyridine rings is 1. The van der Waals surface area contributed by atoms with Gasteiger partial charge in [0.25, 0.3) is 0 Å². The maximum absolute atomic E-state index is 8.80. The molecule has 12 heavy (non-hydrogen) atoms. The molecule has 0 aliphatic rings. The largest absolute Gasteiger partial charge is 0.491 e. The van der Waals surface area contributed by atoms with Gasteiger partial charge in [0, 0.05) is 16.1 Å². The van der Waals surface area contributed by atoms with Crippen LogP contribution < -0.4 is 5.46 Å². The van der Waals surface area contributed by atoms with Crippen LogP contribution in [0.25, 0.3) is 0 Å². The van der Waals surface area contributed by atoms with Gasteiger partial charge in [0.1, 0.15) is 11.8 Å². The number of nitrogens with zero attached hydrogens (tertiary/aromatic N) is 2. The number of halogens is 1. The molecule has 4 nitrogen and oxygen atoms in total. The van der Waals surface area contributed by atoms with Gasteiger partial charge in [0.05, 0.1) is 0 Å². The van der Waals surface area contributed by atoms with Gasteiger partial charge in [-0.3, -0.25) is 0 Å². The van der Waals surface area contributed by atoms with Crippen molar-refractivity contribution in [3.63, 3.8) is 0 Å². The van der Waals surface area contributed by atoms with Gasteiger partial charge in [0.15, 0.2) is 0 Å². The summed E-state index contributed by atoms with van der Waals surface area (Å²) in [5.74, 6) is 0. The maximum Gasteiger partial charge on any atom is 0.491 e. The summed E-state index contributed by atoms with van der Waals surface area (Å²) in [5.41, 5.74) is 0.125. The van der Waals surface area contributed by atoms with Crippen molar-refractivity contribution in [2.45, 2.75) is 0 Å². The maximum atomic E-state index is 8.80. The molecule has 0 saturated heterocycles. The third-order valence-corrected chi connectivity index (χ3v) is 1.70. The molecule has 1 rings (SSSR count). The molecule has 1 aromatic heterocycles. The zero-order chi connectivity index (χ0) is 9.14. The number of rotatable bonds is 1. The average Bonchev–Trinajstić information content (AvgIpc) is 2.04. The molecule has 1 heterocycles. The van der Waals surface area contributed by atoms with Gasteiger partial charge < -0.3 is 10.0 Å². The summed E-state index contributed by atoms with van der Waals surface area (Å²) in [6.45, 7) is 0. The highest BCUT2D eigenvalue weighted by Crippen LogP contribution is 2.05. The van der Waals surface area contributed by atoms with Crippen molar-refractivity contribution in [2.75, 3.05) is 0 Å². The number of hydrogen-bond donors (Lipinski definition) is 2. The number of aromatic nitrogens is 1. The first-order chi connectivity index (χ1) is 5.65. The van der Waals surface area contributed by atoms with Crippen LogP contribution in [0.1, 0.15) is 5.69 Å². The fourth-order valence-corrected chi connectivity index (χ4v) is 1.09. The minimum Gasteiger partial charge on any atom is -0.423 e. The molecule has 0 fully saturated rings. The third-order valence-electron chi connectivity index (χ3n) is 1.27. The van der Waals surface area contributed by atoms with Crippen molar-refractivity contribution >= 4 is 28.5 Å². The highest BCUT2D eigenvalue weighted by molar-refractivity contribution is 9.10. The third kappa shape index (κ3) is 1.82. The first-order valence-electron chi connectivity index (χ1n) is 3.07. The normalized spacial score (nSPS) is 9.17. The number of hydrogen-bond acceptors (Lipinski definition) is 4. The van der Waals surface area contributed by atoms with Crippen LogP contribution in [0.4, 0.5) is 0 Å². The lowest BCUT2D eigenvalue weighted by Crippen LogP contribution is -2.33. The molecule has 0 atom stereocenters. The van der Waals surface area contributed by atoms with E-state index in [1.807, 2.05) is 0 Å². The quantitative estimate of drug-likeness (QED) is 0.627. The van der Waals surface area contributed by atoms with Gasteiger partial charge in [-0.1, -0.05) is 0 Å². The Kier molecular flexibility index (Phi) is 2.81. The topological polar surface area (TPSA) is 77.1 Å². The Morgan fingerprint density at radius 3 is 2.75 bits per heavy atom. The van der Waals surface area contributed by atoms with Crippen molar-refractivity contribution in [3.05, 3.63) is 22.4 Å². The minimum absolute atomic E-state index is 0.0215. The highest BCUT2D eigenvalue weighted by Gasteiger charge is 2.17. The van der Waals surface area contributed by atoms with Crippen molar-refractivity contribution in [1.82, 2.24) is 4.98 Å². The monoisotopic (exact) mass is 226 g/mol. The smallest absolute Gasteiger partial charge is 0.423 e. The summed E-state index contributed by atoms with van der Waals surface area (Å²) >= 11 is 3.10. The lowest BCUT2D eigenvalue weighted by atomic mass is 9.79. The van der Waals surface area contributed by atoms with E-state index in [9.17, 15) is 0 Å². The SMILES string of the molecule is N#Cc1ncc(Br)cc1B(O)O. The second-order valence-electron chi connectivity index (χ2n) is 2.08. The molecule has 0 saturated carbocycles. The highest BCUT2D eigenvalue weighted by atomic mass is 79.9. The summed E-state index contributed by atoms with van der Waals surface area (Å²) in [6.07, 6.45) is 1.42. The van der Waals surface area contributed by atoms with Gasteiger partial charge in [-0.25, -0.2) is 4.98 Å². The van der Waals surface area contributed by atoms with Crippen LogP contribution in [0.5, 0.6) is 0 Å². The first-order valence-corrected chi connectivity index (χ1v) is 3.86. The van der Waals surface area contributed by atoms with Crippen molar-refractivity contribution < 1.29 is 10.0 Å². The molecule has 2 N–H and O–H groups in total. The van der Waals surface area contributed by atoms with Crippen LogP contribution in [0.3, 0.4) is 0 Å². The van der Waals surface area contributed by atoms with Crippen LogP contribution in [-0.4, -0.2) is 22.2 Å². The Hall–Kier alpha value is -0.895. The van der Waals surface area contributed by atoms with Crippen molar-refractivity contribution in [3.8, 4) is 6.07 Å². The molecule has 0 spiro atoms. The molecule has 0 radical (unpaired) electrons. The van der Waals surface area contributed by atoms with Crippen LogP contribution in [-0.2, 0) is 0 Å². The summed E-state index contributed by atoms with van der Waals surface area (Å²) in [6, 6.07) is 3.19. The Morgan fingerprint density at radius 1 is 1.58 bits per heavy atom. The molecule has 0 unspecified atom stereocenters. The molecule has 1 aromatic rings. The van der Waals surface area contributed by atoms with E-state index in [-0.39, 0.29) is 11.2 Å². The van der Waals surface area contributed by atoms with E-state index in [0.29, 0.717) is 4.47 Å². The molecular formula is C6H4BBrN2O2. The second-order valence-corrected chi connectivity index (χ2v) is 2.99. The van der Waals surface area contributed by atoms with Crippen molar-refractivity contribution in [2.24, 2.45) is 0 Å². The zero-order valence-corrected chi connectivity index (χ0v) is 7.48. The predicted octanol–water partition coefficient (Wildman–Crippen LogP) is -0.604. The Morgan fingerprint density at radius 2 is 2.25 bits per heavy atom. The van der Waals surface area contributed by atoms with Gasteiger partial charge in [-0.2, -0.15) is 5.26 Å². The van der Waals surface area contributed by atoms with Gasteiger partial charge in [0.2, 0.25) is 0 Å². The Balaban J connectivity index is 3.24.